The maximum Gasteiger partial charge on any atom is 0.257 e. The van der Waals surface area contributed by atoms with Gasteiger partial charge in [0.05, 0.1) is 17.4 Å². The number of aryl methyl sites for hydroxylation is 1. The van der Waals surface area contributed by atoms with E-state index < -0.39 is 0 Å². The third-order valence-corrected chi connectivity index (χ3v) is 4.64. The smallest absolute Gasteiger partial charge is 0.257 e. The molecule has 0 fully saturated rings. The fraction of sp³-hybridized carbons (Fsp3) is 0.280. The number of carbonyl (C=O) groups excluding carboxylic acids is 1. The van der Waals surface area contributed by atoms with Crippen molar-refractivity contribution in [3.8, 4) is 11.5 Å². The van der Waals surface area contributed by atoms with Crippen molar-refractivity contribution >= 4 is 11.6 Å². The lowest BCUT2D eigenvalue weighted by Gasteiger charge is -2.13. The number of nitrogens with one attached hydrogen (secondary N) is 1. The van der Waals surface area contributed by atoms with E-state index in [1.54, 1.807) is 42.5 Å². The van der Waals surface area contributed by atoms with E-state index >= 15 is 0 Å². The normalized spacial score (nSPS) is 11.7. The number of nitrogens with zero attached hydrogens (tertiary/aromatic N) is 1. The van der Waals surface area contributed by atoms with Crippen LogP contribution in [0, 0.1) is 12.7 Å². The van der Waals surface area contributed by atoms with Crippen molar-refractivity contribution in [2.24, 2.45) is 0 Å². The molecule has 31 heavy (non-hydrogen) atoms. The van der Waals surface area contributed by atoms with E-state index in [1.165, 1.54) is 12.1 Å². The summed E-state index contributed by atoms with van der Waals surface area (Å²) < 4.78 is 24.6. The summed E-state index contributed by atoms with van der Waals surface area (Å²) in [7, 11) is 0. The molecule has 1 amide bonds. The van der Waals surface area contributed by atoms with Gasteiger partial charge in [0, 0.05) is 30.5 Å². The molecule has 1 N–H and O–H groups in total. The number of aromatic nitrogens is 1. The fourth-order valence-corrected chi connectivity index (χ4v) is 3.11. The molecule has 0 radical (unpaired) electrons. The second-order valence-corrected chi connectivity index (χ2v) is 7.36. The molecule has 3 aromatic rings. The van der Waals surface area contributed by atoms with Crippen LogP contribution in [0.5, 0.6) is 11.5 Å². The second-order valence-electron chi connectivity index (χ2n) is 7.36. The lowest BCUT2D eigenvalue weighted by molar-refractivity contribution is 0.0663. The number of hydrogen-bond acceptors (Lipinski definition) is 4. The second kappa shape index (κ2) is 10.7. The monoisotopic (exact) mass is 422 g/mol. The van der Waals surface area contributed by atoms with Gasteiger partial charge < -0.3 is 14.8 Å². The molecule has 162 valence electrons. The van der Waals surface area contributed by atoms with E-state index in [4.69, 9.17) is 9.47 Å². The van der Waals surface area contributed by atoms with E-state index in [9.17, 15) is 9.18 Å². The number of halogens is 1. The van der Waals surface area contributed by atoms with E-state index in [-0.39, 0.29) is 17.8 Å². The standard InChI is InChI=1S/C25H27FN2O3/c1-4-14-30-17(2)15-21-10-13-24(18(3)27-21)25(29)28-20-8-11-22(12-9-20)31-23-7-5-6-19(26)16-23/h5-13,16-17H,4,14-15H2,1-3H3,(H,28,29). The van der Waals surface area contributed by atoms with Gasteiger partial charge in [-0.15, -0.1) is 0 Å². The Balaban J connectivity index is 1.60. The predicted molar refractivity (Wildman–Crippen MR) is 119 cm³/mol. The molecule has 1 aromatic heterocycles. The summed E-state index contributed by atoms with van der Waals surface area (Å²) in [5.74, 6) is 0.364. The highest BCUT2D eigenvalue weighted by atomic mass is 19.1. The van der Waals surface area contributed by atoms with E-state index in [1.807, 2.05) is 19.9 Å². The Morgan fingerprint density at radius 1 is 1.10 bits per heavy atom. The Morgan fingerprint density at radius 2 is 1.87 bits per heavy atom. The van der Waals surface area contributed by atoms with Crippen LogP contribution in [-0.4, -0.2) is 23.6 Å². The van der Waals surface area contributed by atoms with Gasteiger partial charge in [-0.2, -0.15) is 0 Å². The Hall–Kier alpha value is -3.25. The highest BCUT2D eigenvalue weighted by molar-refractivity contribution is 6.05. The van der Waals surface area contributed by atoms with Crippen molar-refractivity contribution < 1.29 is 18.7 Å². The maximum atomic E-state index is 13.3. The van der Waals surface area contributed by atoms with E-state index in [0.717, 1.165) is 18.7 Å². The lowest BCUT2D eigenvalue weighted by atomic mass is 10.1. The van der Waals surface area contributed by atoms with Crippen LogP contribution in [0.25, 0.3) is 0 Å². The van der Waals surface area contributed by atoms with E-state index in [0.29, 0.717) is 34.9 Å². The quantitative estimate of drug-likeness (QED) is 0.464. The Bertz CT molecular complexity index is 1020. The van der Waals surface area contributed by atoms with Crippen molar-refractivity contribution in [1.82, 2.24) is 4.98 Å². The maximum absolute atomic E-state index is 13.3. The average molecular weight is 423 g/mol. The minimum atomic E-state index is -0.362. The molecular weight excluding hydrogens is 395 g/mol. The molecule has 0 saturated carbocycles. The molecule has 1 atom stereocenters. The van der Waals surface area contributed by atoms with Crippen molar-refractivity contribution in [2.45, 2.75) is 39.7 Å². The Morgan fingerprint density at radius 3 is 2.55 bits per heavy atom. The van der Waals surface area contributed by atoms with Crippen LogP contribution in [0.1, 0.15) is 42.0 Å². The molecule has 0 aliphatic heterocycles. The summed E-state index contributed by atoms with van der Waals surface area (Å²) in [6.45, 7) is 6.65. The van der Waals surface area contributed by atoms with Crippen LogP contribution < -0.4 is 10.1 Å². The third kappa shape index (κ3) is 6.62. The van der Waals surface area contributed by atoms with Crippen molar-refractivity contribution in [3.63, 3.8) is 0 Å². The minimum absolute atomic E-state index is 0.0830. The van der Waals surface area contributed by atoms with Crippen LogP contribution in [0.4, 0.5) is 10.1 Å². The van der Waals surface area contributed by atoms with Crippen LogP contribution >= 0.6 is 0 Å². The summed E-state index contributed by atoms with van der Waals surface area (Å²) in [5.41, 5.74) is 2.72. The number of anilines is 1. The fourth-order valence-electron chi connectivity index (χ4n) is 3.11. The van der Waals surface area contributed by atoms with Crippen molar-refractivity contribution in [3.05, 3.63) is 83.4 Å². The van der Waals surface area contributed by atoms with Gasteiger partial charge in [-0.25, -0.2) is 4.39 Å². The van der Waals surface area contributed by atoms with Crippen LogP contribution in [0.3, 0.4) is 0 Å². The predicted octanol–water partition coefficient (Wildman–Crippen LogP) is 5.93. The number of carbonyl (C=O) groups is 1. The molecule has 0 aliphatic carbocycles. The zero-order valence-electron chi connectivity index (χ0n) is 18.0. The summed E-state index contributed by atoms with van der Waals surface area (Å²) in [6.07, 6.45) is 1.77. The van der Waals surface area contributed by atoms with E-state index in [2.05, 4.69) is 17.2 Å². The third-order valence-electron chi connectivity index (χ3n) is 4.64. The summed E-state index contributed by atoms with van der Waals surface area (Å²) >= 11 is 0. The van der Waals surface area contributed by atoms with Gasteiger partial charge in [0.15, 0.2) is 0 Å². The van der Waals surface area contributed by atoms with Gasteiger partial charge in [-0.1, -0.05) is 13.0 Å². The molecule has 0 saturated heterocycles. The van der Waals surface area contributed by atoms with Crippen molar-refractivity contribution in [1.29, 1.82) is 0 Å². The molecule has 1 unspecified atom stereocenters. The Labute approximate surface area is 182 Å². The van der Waals surface area contributed by atoms with Gasteiger partial charge in [-0.05, 0) is 68.8 Å². The molecule has 1 heterocycles. The number of rotatable bonds is 9. The van der Waals surface area contributed by atoms with Gasteiger partial charge >= 0.3 is 0 Å². The summed E-state index contributed by atoms with van der Waals surface area (Å²) in [4.78, 5) is 17.2. The molecule has 5 nitrogen and oxygen atoms in total. The molecular formula is C25H27FN2O3. The molecule has 6 heteroatoms. The van der Waals surface area contributed by atoms with Gasteiger partial charge in [0.25, 0.3) is 5.91 Å². The van der Waals surface area contributed by atoms with Crippen molar-refractivity contribution in [2.75, 3.05) is 11.9 Å². The number of benzene rings is 2. The number of pyridine rings is 1. The van der Waals surface area contributed by atoms with Gasteiger partial charge in [0.2, 0.25) is 0 Å². The van der Waals surface area contributed by atoms with Crippen LogP contribution in [0.15, 0.2) is 60.7 Å². The highest BCUT2D eigenvalue weighted by Crippen LogP contribution is 2.24. The zero-order valence-corrected chi connectivity index (χ0v) is 18.0. The lowest BCUT2D eigenvalue weighted by Crippen LogP contribution is -2.16. The summed E-state index contributed by atoms with van der Waals surface area (Å²) in [5, 5.41) is 2.87. The average Bonchev–Trinajstić information content (AvgIpc) is 2.73. The minimum Gasteiger partial charge on any atom is -0.457 e. The zero-order chi connectivity index (χ0) is 22.2. The van der Waals surface area contributed by atoms with Gasteiger partial charge in [-0.3, -0.25) is 9.78 Å². The van der Waals surface area contributed by atoms with Crippen LogP contribution in [-0.2, 0) is 11.2 Å². The number of hydrogen-bond donors (Lipinski definition) is 1. The molecule has 0 spiro atoms. The largest absolute Gasteiger partial charge is 0.457 e. The molecule has 2 aromatic carbocycles. The molecule has 0 bridgehead atoms. The van der Waals surface area contributed by atoms with Crippen LogP contribution in [0.2, 0.25) is 0 Å². The molecule has 0 aliphatic rings. The number of ether oxygens (including phenoxy) is 2. The first-order valence-corrected chi connectivity index (χ1v) is 10.4. The summed E-state index contributed by atoms with van der Waals surface area (Å²) in [6, 6.07) is 16.5. The SMILES string of the molecule is CCCOC(C)Cc1ccc(C(=O)Nc2ccc(Oc3cccc(F)c3)cc2)c(C)n1. The first kappa shape index (κ1) is 22.4. The number of amides is 1. The first-order chi connectivity index (χ1) is 14.9. The van der Waals surface area contributed by atoms with Gasteiger partial charge in [0.1, 0.15) is 17.3 Å². The highest BCUT2D eigenvalue weighted by Gasteiger charge is 2.13. The Kier molecular flexibility index (Phi) is 7.73. The first-order valence-electron chi connectivity index (χ1n) is 10.4. The molecule has 3 rings (SSSR count). The topological polar surface area (TPSA) is 60.5 Å².